The monoisotopic (exact) mass is 389 g/mol. The van der Waals surface area contributed by atoms with E-state index in [9.17, 15) is 4.79 Å². The van der Waals surface area contributed by atoms with Gasteiger partial charge in [0, 0.05) is 19.4 Å². The topological polar surface area (TPSA) is 73.9 Å². The second kappa shape index (κ2) is 7.79. The Morgan fingerprint density at radius 1 is 1.14 bits per heavy atom. The van der Waals surface area contributed by atoms with Crippen molar-refractivity contribution in [1.82, 2.24) is 25.4 Å². The van der Waals surface area contributed by atoms with E-state index in [1.165, 1.54) is 16.7 Å². The van der Waals surface area contributed by atoms with Gasteiger partial charge in [-0.3, -0.25) is 14.8 Å². The van der Waals surface area contributed by atoms with E-state index in [2.05, 4.69) is 49.7 Å². The summed E-state index contributed by atoms with van der Waals surface area (Å²) in [5.41, 5.74) is 3.03. The van der Waals surface area contributed by atoms with Crippen LogP contribution < -0.4 is 5.32 Å². The molecule has 150 valence electrons. The number of aryl methyl sites for hydroxylation is 1. The number of carbonyl (C=O) groups is 1. The molecule has 2 N–H and O–H groups in total. The number of H-pyrrole nitrogens is 1. The van der Waals surface area contributed by atoms with Crippen molar-refractivity contribution in [2.45, 2.75) is 44.8 Å². The number of benzene rings is 2. The first-order valence-electron chi connectivity index (χ1n) is 10.00. The number of carbonyl (C=O) groups excluding carboxylic acids is 1. The molecule has 6 heteroatoms. The van der Waals surface area contributed by atoms with Crippen LogP contribution in [0.15, 0.2) is 54.6 Å². The number of aromatic nitrogens is 3. The summed E-state index contributed by atoms with van der Waals surface area (Å²) in [6.07, 6.45) is 1.39. The van der Waals surface area contributed by atoms with E-state index in [0.717, 1.165) is 5.82 Å². The molecule has 1 heterocycles. The molecule has 1 aromatic heterocycles. The second-order valence-electron chi connectivity index (χ2n) is 7.97. The molecule has 29 heavy (non-hydrogen) atoms. The lowest BCUT2D eigenvalue weighted by molar-refractivity contribution is -0.133. The average molecular weight is 390 g/mol. The first-order chi connectivity index (χ1) is 14.0. The molecule has 0 aliphatic heterocycles. The highest BCUT2D eigenvalue weighted by atomic mass is 16.2. The molecule has 0 radical (unpaired) electrons. The van der Waals surface area contributed by atoms with Crippen molar-refractivity contribution in [3.8, 4) is 0 Å². The third-order valence-corrected chi connectivity index (χ3v) is 5.85. The van der Waals surface area contributed by atoms with E-state index in [0.29, 0.717) is 25.2 Å². The maximum Gasteiger partial charge on any atom is 0.241 e. The van der Waals surface area contributed by atoms with E-state index in [1.54, 1.807) is 0 Å². The number of nitrogens with zero attached hydrogens (tertiary/aromatic N) is 3. The average Bonchev–Trinajstić information content (AvgIpc) is 3.33. The van der Waals surface area contributed by atoms with E-state index in [4.69, 9.17) is 0 Å². The number of fused-ring (bicyclic) bond motifs is 1. The predicted octanol–water partition coefficient (Wildman–Crippen LogP) is 2.96. The van der Waals surface area contributed by atoms with Crippen molar-refractivity contribution >= 4 is 5.91 Å². The van der Waals surface area contributed by atoms with Gasteiger partial charge in [-0.25, -0.2) is 4.98 Å². The van der Waals surface area contributed by atoms with Crippen LogP contribution in [0, 0.1) is 6.92 Å². The molecular weight excluding hydrogens is 362 g/mol. The molecule has 1 aliphatic rings. The van der Waals surface area contributed by atoms with Gasteiger partial charge < -0.3 is 5.32 Å². The highest BCUT2D eigenvalue weighted by molar-refractivity contribution is 5.88. The number of nitrogens with one attached hydrogen (secondary N) is 2. The van der Waals surface area contributed by atoms with Crippen molar-refractivity contribution in [2.75, 3.05) is 7.05 Å². The maximum absolute atomic E-state index is 13.6. The fourth-order valence-electron chi connectivity index (χ4n) is 4.16. The minimum atomic E-state index is -0.640. The number of hydrogen-bond acceptors (Lipinski definition) is 4. The minimum Gasteiger partial charge on any atom is -0.345 e. The summed E-state index contributed by atoms with van der Waals surface area (Å²) in [5.74, 6) is 1.36. The zero-order valence-electron chi connectivity index (χ0n) is 17.1. The third kappa shape index (κ3) is 3.80. The van der Waals surface area contributed by atoms with E-state index in [1.807, 2.05) is 51.2 Å². The quantitative estimate of drug-likeness (QED) is 0.680. The van der Waals surface area contributed by atoms with Gasteiger partial charge in [-0.15, -0.1) is 0 Å². The van der Waals surface area contributed by atoms with E-state index >= 15 is 0 Å². The Kier molecular flexibility index (Phi) is 5.20. The Balaban J connectivity index is 1.61. The lowest BCUT2D eigenvalue weighted by Gasteiger charge is -2.38. The van der Waals surface area contributed by atoms with Crippen molar-refractivity contribution in [3.63, 3.8) is 0 Å². The highest BCUT2D eigenvalue weighted by Gasteiger charge is 2.47. The van der Waals surface area contributed by atoms with Crippen molar-refractivity contribution in [1.29, 1.82) is 0 Å². The van der Waals surface area contributed by atoms with Gasteiger partial charge in [0.25, 0.3) is 0 Å². The van der Waals surface area contributed by atoms with Gasteiger partial charge >= 0.3 is 0 Å². The molecule has 0 fully saturated rings. The summed E-state index contributed by atoms with van der Waals surface area (Å²) < 4.78 is 0. The number of likely N-dealkylation sites (N-methyl/N-ethyl adjacent to an activating group) is 1. The smallest absolute Gasteiger partial charge is 0.241 e. The molecule has 4 rings (SSSR count). The molecule has 0 saturated heterocycles. The predicted molar refractivity (Wildman–Crippen MR) is 112 cm³/mol. The third-order valence-electron chi connectivity index (χ3n) is 5.85. The summed E-state index contributed by atoms with van der Waals surface area (Å²) >= 11 is 0. The highest BCUT2D eigenvalue weighted by Crippen LogP contribution is 2.35. The zero-order chi connectivity index (χ0) is 20.4. The molecule has 1 aliphatic carbocycles. The van der Waals surface area contributed by atoms with Crippen molar-refractivity contribution in [2.24, 2.45) is 0 Å². The standard InChI is InChI=1S/C23H27N5O/c1-16(21-25-17(2)26-27-21)24-22(29)23(13-19-11-7-8-12-20(19)14-23)28(3)15-18-9-5-4-6-10-18/h4-12,16H,13-15H2,1-3H3,(H,24,29)(H,25,26,27). The molecule has 1 unspecified atom stereocenters. The van der Waals surface area contributed by atoms with Crippen LogP contribution >= 0.6 is 0 Å². The molecule has 6 nitrogen and oxygen atoms in total. The summed E-state index contributed by atoms with van der Waals surface area (Å²) in [5, 5.41) is 10.2. The lowest BCUT2D eigenvalue weighted by Crippen LogP contribution is -2.58. The van der Waals surface area contributed by atoms with Crippen LogP contribution in [-0.4, -0.2) is 38.6 Å². The lowest BCUT2D eigenvalue weighted by atomic mass is 9.91. The van der Waals surface area contributed by atoms with Crippen LogP contribution in [0.4, 0.5) is 0 Å². The first-order valence-corrected chi connectivity index (χ1v) is 10.00. The fraction of sp³-hybridized carbons (Fsp3) is 0.348. The minimum absolute atomic E-state index is 0.0158. The van der Waals surface area contributed by atoms with E-state index < -0.39 is 5.54 Å². The summed E-state index contributed by atoms with van der Waals surface area (Å²) in [6.45, 7) is 4.48. The molecular formula is C23H27N5O. The molecule has 1 amide bonds. The first kappa shape index (κ1) is 19.3. The van der Waals surface area contributed by atoms with Gasteiger partial charge in [-0.05, 0) is 37.6 Å². The molecule has 2 aromatic carbocycles. The fourth-order valence-corrected chi connectivity index (χ4v) is 4.16. The van der Waals surface area contributed by atoms with Gasteiger partial charge in [-0.2, -0.15) is 5.10 Å². The van der Waals surface area contributed by atoms with Crippen molar-refractivity contribution < 1.29 is 4.79 Å². The van der Waals surface area contributed by atoms with Crippen LogP contribution in [-0.2, 0) is 24.2 Å². The number of amides is 1. The maximum atomic E-state index is 13.6. The Morgan fingerprint density at radius 3 is 2.34 bits per heavy atom. The molecule has 3 aromatic rings. The number of hydrogen-bond donors (Lipinski definition) is 2. The van der Waals surface area contributed by atoms with Gasteiger partial charge in [-0.1, -0.05) is 54.6 Å². The van der Waals surface area contributed by atoms with Gasteiger partial charge in [0.15, 0.2) is 5.82 Å². The Bertz CT molecular complexity index is 972. The Hall–Kier alpha value is -2.99. The molecule has 1 atom stereocenters. The largest absolute Gasteiger partial charge is 0.345 e. The van der Waals surface area contributed by atoms with Crippen LogP contribution in [0.25, 0.3) is 0 Å². The Morgan fingerprint density at radius 2 is 1.76 bits per heavy atom. The van der Waals surface area contributed by atoms with Gasteiger partial charge in [0.05, 0.1) is 6.04 Å². The normalized spacial score (nSPS) is 15.9. The van der Waals surface area contributed by atoms with Gasteiger partial charge in [0.2, 0.25) is 5.91 Å². The molecule has 0 saturated carbocycles. The van der Waals surface area contributed by atoms with Crippen molar-refractivity contribution in [3.05, 3.63) is 82.9 Å². The van der Waals surface area contributed by atoms with Crippen LogP contribution in [0.1, 0.15) is 41.3 Å². The van der Waals surface area contributed by atoms with Crippen LogP contribution in [0.5, 0.6) is 0 Å². The van der Waals surface area contributed by atoms with Gasteiger partial charge in [0.1, 0.15) is 11.4 Å². The summed E-state index contributed by atoms with van der Waals surface area (Å²) in [4.78, 5) is 20.2. The Labute approximate surface area is 171 Å². The van der Waals surface area contributed by atoms with Crippen LogP contribution in [0.2, 0.25) is 0 Å². The molecule has 0 spiro atoms. The summed E-state index contributed by atoms with van der Waals surface area (Å²) in [7, 11) is 2.04. The zero-order valence-corrected chi connectivity index (χ0v) is 17.1. The second-order valence-corrected chi connectivity index (χ2v) is 7.97. The summed E-state index contributed by atoms with van der Waals surface area (Å²) in [6, 6.07) is 18.4. The SMILES string of the molecule is Cc1nc(C(C)NC(=O)C2(N(C)Cc3ccccc3)Cc3ccccc3C2)n[nH]1. The number of rotatable bonds is 6. The van der Waals surface area contributed by atoms with E-state index in [-0.39, 0.29) is 11.9 Å². The van der Waals surface area contributed by atoms with Crippen LogP contribution in [0.3, 0.4) is 0 Å². The number of aromatic amines is 1. The molecule has 0 bridgehead atoms.